The minimum Gasteiger partial charge on any atom is -0.416 e. The molecule has 0 radical (unpaired) electrons. The molecule has 2 N–H and O–H groups in total. The van der Waals surface area contributed by atoms with Crippen molar-refractivity contribution in [2.75, 3.05) is 11.2 Å². The SMILES string of the molecule is Cc1nnc(SCC(=O)Nn2cn[nH]c2=O)o1. The summed E-state index contributed by atoms with van der Waals surface area (Å²) in [5.74, 6) is 0.104. The Morgan fingerprint density at radius 1 is 1.65 bits per heavy atom. The summed E-state index contributed by atoms with van der Waals surface area (Å²) in [5.41, 5.74) is 1.81. The average Bonchev–Trinajstić information content (AvgIpc) is 2.86. The van der Waals surface area contributed by atoms with Crippen LogP contribution < -0.4 is 11.1 Å². The van der Waals surface area contributed by atoms with Crippen LogP contribution in [0.3, 0.4) is 0 Å². The predicted molar refractivity (Wildman–Crippen MR) is 57.0 cm³/mol. The molecule has 2 rings (SSSR count). The minimum atomic E-state index is -0.517. The first-order chi connectivity index (χ1) is 8.15. The topological polar surface area (TPSA) is 119 Å². The van der Waals surface area contributed by atoms with Crippen LogP contribution in [-0.4, -0.2) is 36.7 Å². The molecule has 0 aliphatic carbocycles. The van der Waals surface area contributed by atoms with Gasteiger partial charge in [0.25, 0.3) is 5.22 Å². The number of thioether (sulfide) groups is 1. The highest BCUT2D eigenvalue weighted by molar-refractivity contribution is 7.99. The average molecular weight is 256 g/mol. The van der Waals surface area contributed by atoms with Gasteiger partial charge in [0, 0.05) is 6.92 Å². The largest absolute Gasteiger partial charge is 0.416 e. The zero-order valence-electron chi connectivity index (χ0n) is 8.71. The highest BCUT2D eigenvalue weighted by Crippen LogP contribution is 2.14. The van der Waals surface area contributed by atoms with E-state index >= 15 is 0 Å². The van der Waals surface area contributed by atoms with Crippen molar-refractivity contribution in [2.24, 2.45) is 0 Å². The van der Waals surface area contributed by atoms with Crippen LogP contribution in [0.2, 0.25) is 0 Å². The molecule has 90 valence electrons. The smallest absolute Gasteiger partial charge is 0.362 e. The number of nitrogens with one attached hydrogen (secondary N) is 2. The third-order valence-electron chi connectivity index (χ3n) is 1.63. The van der Waals surface area contributed by atoms with E-state index in [9.17, 15) is 9.59 Å². The summed E-state index contributed by atoms with van der Waals surface area (Å²) in [7, 11) is 0. The molecule has 2 aromatic heterocycles. The third kappa shape index (κ3) is 2.93. The van der Waals surface area contributed by atoms with Crippen LogP contribution in [0.5, 0.6) is 0 Å². The molecule has 9 nitrogen and oxygen atoms in total. The molecule has 0 saturated heterocycles. The highest BCUT2D eigenvalue weighted by Gasteiger charge is 2.08. The first-order valence-electron chi connectivity index (χ1n) is 4.50. The number of carbonyl (C=O) groups is 1. The summed E-state index contributed by atoms with van der Waals surface area (Å²) < 4.78 is 6.01. The molecule has 0 saturated carbocycles. The second-order valence-electron chi connectivity index (χ2n) is 2.94. The van der Waals surface area contributed by atoms with Gasteiger partial charge >= 0.3 is 5.69 Å². The molecule has 2 heterocycles. The maximum atomic E-state index is 11.4. The van der Waals surface area contributed by atoms with E-state index in [1.807, 2.05) is 0 Å². The molecule has 17 heavy (non-hydrogen) atoms. The van der Waals surface area contributed by atoms with Gasteiger partial charge in [-0.3, -0.25) is 10.2 Å². The molecule has 0 aliphatic heterocycles. The Balaban J connectivity index is 1.86. The number of H-pyrrole nitrogens is 1. The summed E-state index contributed by atoms with van der Waals surface area (Å²) in [6.45, 7) is 1.65. The quantitative estimate of drug-likeness (QED) is 0.682. The van der Waals surface area contributed by atoms with Crippen LogP contribution >= 0.6 is 11.8 Å². The number of carbonyl (C=O) groups excluding carboxylic acids is 1. The van der Waals surface area contributed by atoms with Crippen molar-refractivity contribution in [2.45, 2.75) is 12.1 Å². The van der Waals surface area contributed by atoms with Crippen molar-refractivity contribution in [3.05, 3.63) is 22.7 Å². The van der Waals surface area contributed by atoms with E-state index in [-0.39, 0.29) is 11.7 Å². The first-order valence-corrected chi connectivity index (χ1v) is 5.48. The van der Waals surface area contributed by atoms with Gasteiger partial charge in [0.2, 0.25) is 11.8 Å². The molecule has 0 aromatic carbocycles. The minimum absolute atomic E-state index is 0.0548. The maximum Gasteiger partial charge on any atom is 0.362 e. The number of hydrogen-bond donors (Lipinski definition) is 2. The van der Waals surface area contributed by atoms with Crippen LogP contribution in [0.4, 0.5) is 0 Å². The van der Waals surface area contributed by atoms with E-state index in [2.05, 4.69) is 25.8 Å². The molecule has 0 aliphatic rings. The zero-order valence-corrected chi connectivity index (χ0v) is 9.52. The van der Waals surface area contributed by atoms with E-state index in [0.29, 0.717) is 11.1 Å². The van der Waals surface area contributed by atoms with Crippen molar-refractivity contribution in [3.63, 3.8) is 0 Å². The summed E-state index contributed by atoms with van der Waals surface area (Å²) in [6.07, 6.45) is 1.17. The van der Waals surface area contributed by atoms with Gasteiger partial charge in [-0.25, -0.2) is 9.89 Å². The molecule has 1 amide bonds. The molecule has 0 spiro atoms. The lowest BCUT2D eigenvalue weighted by Crippen LogP contribution is -2.31. The normalized spacial score (nSPS) is 10.4. The van der Waals surface area contributed by atoms with Crippen LogP contribution in [-0.2, 0) is 4.79 Å². The van der Waals surface area contributed by atoms with Crippen LogP contribution in [0, 0.1) is 6.92 Å². The lowest BCUT2D eigenvalue weighted by atomic mass is 10.7. The molecule has 0 atom stereocenters. The Bertz CT molecular complexity index is 572. The van der Waals surface area contributed by atoms with Gasteiger partial charge in [-0.2, -0.15) is 9.77 Å². The summed E-state index contributed by atoms with van der Waals surface area (Å²) in [5, 5.41) is 13.2. The number of aromatic amines is 1. The molecule has 2 aromatic rings. The van der Waals surface area contributed by atoms with Gasteiger partial charge in [-0.1, -0.05) is 11.8 Å². The van der Waals surface area contributed by atoms with Gasteiger partial charge in [0.1, 0.15) is 6.33 Å². The van der Waals surface area contributed by atoms with Gasteiger partial charge in [0.15, 0.2) is 0 Å². The summed E-state index contributed by atoms with van der Waals surface area (Å²) >= 11 is 1.08. The van der Waals surface area contributed by atoms with E-state index in [1.54, 1.807) is 6.92 Å². The molecule has 0 fully saturated rings. The number of nitrogens with zero attached hydrogens (tertiary/aromatic N) is 4. The van der Waals surface area contributed by atoms with Crippen molar-refractivity contribution < 1.29 is 9.21 Å². The fourth-order valence-electron chi connectivity index (χ4n) is 0.958. The second-order valence-corrected chi connectivity index (χ2v) is 3.87. The van der Waals surface area contributed by atoms with Crippen LogP contribution in [0.15, 0.2) is 20.8 Å². The lowest BCUT2D eigenvalue weighted by Gasteiger charge is -2.01. The summed E-state index contributed by atoms with van der Waals surface area (Å²) in [6, 6.07) is 0. The number of rotatable bonds is 4. The van der Waals surface area contributed by atoms with Crippen molar-refractivity contribution in [3.8, 4) is 0 Å². The van der Waals surface area contributed by atoms with Crippen molar-refractivity contribution in [1.29, 1.82) is 0 Å². The zero-order chi connectivity index (χ0) is 12.3. The van der Waals surface area contributed by atoms with Gasteiger partial charge in [-0.15, -0.1) is 10.2 Å². The Labute approximate surface area is 98.6 Å². The Kier molecular flexibility index (Phi) is 3.23. The predicted octanol–water partition coefficient (Wildman–Crippen LogP) is -0.875. The number of amides is 1. The van der Waals surface area contributed by atoms with Gasteiger partial charge in [0.05, 0.1) is 5.75 Å². The monoisotopic (exact) mass is 256 g/mol. The molecular weight excluding hydrogens is 248 g/mol. The first kappa shape index (κ1) is 11.4. The second kappa shape index (κ2) is 4.82. The Hall–Kier alpha value is -2.10. The summed E-state index contributed by atoms with van der Waals surface area (Å²) in [4.78, 5) is 22.4. The Morgan fingerprint density at radius 2 is 2.47 bits per heavy atom. The van der Waals surface area contributed by atoms with Crippen molar-refractivity contribution in [1.82, 2.24) is 25.1 Å². The fourth-order valence-corrected chi connectivity index (χ4v) is 1.56. The van der Waals surface area contributed by atoms with Gasteiger partial charge in [-0.05, 0) is 0 Å². The number of aryl methyl sites for hydroxylation is 1. The van der Waals surface area contributed by atoms with E-state index in [4.69, 9.17) is 4.42 Å². The van der Waals surface area contributed by atoms with E-state index in [1.165, 1.54) is 6.33 Å². The third-order valence-corrected chi connectivity index (χ3v) is 2.45. The van der Waals surface area contributed by atoms with Crippen LogP contribution in [0.1, 0.15) is 5.89 Å². The van der Waals surface area contributed by atoms with Crippen LogP contribution in [0.25, 0.3) is 0 Å². The van der Waals surface area contributed by atoms with E-state index < -0.39 is 5.69 Å². The standard InChI is InChI=1S/C7H8N6O3S/c1-4-9-11-7(16-4)17-2-5(14)12-13-3-8-10-6(13)15/h3H,2H2,1H3,(H,10,15)(H,12,14). The van der Waals surface area contributed by atoms with Crippen molar-refractivity contribution >= 4 is 17.7 Å². The Morgan fingerprint density at radius 3 is 3.06 bits per heavy atom. The molecule has 0 unspecified atom stereocenters. The van der Waals surface area contributed by atoms with Gasteiger partial charge < -0.3 is 4.42 Å². The lowest BCUT2D eigenvalue weighted by molar-refractivity contribution is -0.114. The number of hydrogen-bond acceptors (Lipinski definition) is 7. The maximum absolute atomic E-state index is 11.4. The van der Waals surface area contributed by atoms with E-state index in [0.717, 1.165) is 16.4 Å². The molecular formula is C7H8N6O3S. The molecule has 10 heteroatoms. The highest BCUT2D eigenvalue weighted by atomic mass is 32.2. The number of aromatic nitrogens is 5. The fraction of sp³-hybridized carbons (Fsp3) is 0.286. The molecule has 0 bridgehead atoms.